The first-order valence-corrected chi connectivity index (χ1v) is 5.61. The lowest BCUT2D eigenvalue weighted by molar-refractivity contribution is -0.146. The first-order valence-electron chi connectivity index (χ1n) is 5.23. The fourth-order valence-corrected chi connectivity index (χ4v) is 2.41. The molecule has 94 valence electrons. The topological polar surface area (TPSA) is 52.3 Å². The summed E-state index contributed by atoms with van der Waals surface area (Å²) in [6.45, 7) is 0. The largest absolute Gasteiger partial charge is 0.469 e. The van der Waals surface area contributed by atoms with Crippen LogP contribution in [-0.4, -0.2) is 13.1 Å². The molecule has 0 radical (unpaired) electrons. The zero-order valence-corrected chi connectivity index (χ0v) is 11.1. The van der Waals surface area contributed by atoms with Gasteiger partial charge in [0.15, 0.2) is 0 Å². The van der Waals surface area contributed by atoms with E-state index in [0.29, 0.717) is 17.9 Å². The van der Waals surface area contributed by atoms with Crippen LogP contribution in [0.4, 0.5) is 0 Å². The summed E-state index contributed by atoms with van der Waals surface area (Å²) >= 11 is 5.92. The summed E-state index contributed by atoms with van der Waals surface area (Å²) < 4.78 is 4.76. The number of halogens is 2. The van der Waals surface area contributed by atoms with Gasteiger partial charge < -0.3 is 10.5 Å². The molecule has 1 aliphatic rings. The fourth-order valence-electron chi connectivity index (χ4n) is 2.23. The van der Waals surface area contributed by atoms with E-state index in [0.717, 1.165) is 11.1 Å². The van der Waals surface area contributed by atoms with Gasteiger partial charge in [-0.15, -0.1) is 12.4 Å². The number of hydrogen-bond donors (Lipinski definition) is 1. The number of ether oxygens (including phenoxy) is 1. The molecule has 0 heterocycles. The second-order valence-electron chi connectivity index (χ2n) is 4.11. The van der Waals surface area contributed by atoms with Crippen LogP contribution >= 0.6 is 24.0 Å². The number of methoxy groups -OCH3 is 1. The molecule has 0 spiro atoms. The Bertz CT molecular complexity index is 423. The zero-order valence-electron chi connectivity index (χ0n) is 9.48. The molecule has 0 saturated heterocycles. The van der Waals surface area contributed by atoms with Gasteiger partial charge >= 0.3 is 5.97 Å². The molecular weight excluding hydrogens is 261 g/mol. The maximum Gasteiger partial charge on any atom is 0.309 e. The number of hydrogen-bond acceptors (Lipinski definition) is 3. The Balaban J connectivity index is 0.00000144. The van der Waals surface area contributed by atoms with Crippen molar-refractivity contribution in [1.82, 2.24) is 0 Å². The third-order valence-electron chi connectivity index (χ3n) is 3.05. The lowest BCUT2D eigenvalue weighted by Gasteiger charge is -2.27. The van der Waals surface area contributed by atoms with E-state index in [1.54, 1.807) is 0 Å². The van der Waals surface area contributed by atoms with Crippen molar-refractivity contribution >= 4 is 30.0 Å². The van der Waals surface area contributed by atoms with Crippen LogP contribution in [0.5, 0.6) is 0 Å². The highest BCUT2D eigenvalue weighted by Crippen LogP contribution is 2.33. The lowest BCUT2D eigenvalue weighted by Crippen LogP contribution is -2.29. The Morgan fingerprint density at radius 3 is 2.88 bits per heavy atom. The van der Waals surface area contributed by atoms with Gasteiger partial charge in [-0.1, -0.05) is 17.7 Å². The molecule has 1 aromatic carbocycles. The van der Waals surface area contributed by atoms with Gasteiger partial charge in [-0.2, -0.15) is 0 Å². The predicted molar refractivity (Wildman–Crippen MR) is 69.5 cm³/mol. The van der Waals surface area contributed by atoms with Gasteiger partial charge in [0.1, 0.15) is 0 Å². The molecule has 5 heteroatoms. The number of nitrogens with two attached hydrogens (primary N) is 1. The number of rotatable bonds is 1. The Hall–Kier alpha value is -0.770. The molecule has 2 N–H and O–H groups in total. The minimum atomic E-state index is -0.184. The monoisotopic (exact) mass is 275 g/mol. The first kappa shape index (κ1) is 14.3. The minimum Gasteiger partial charge on any atom is -0.469 e. The Kier molecular flexibility index (Phi) is 4.80. The smallest absolute Gasteiger partial charge is 0.309 e. The van der Waals surface area contributed by atoms with Gasteiger partial charge in [0.05, 0.1) is 13.0 Å². The normalized spacial score (nSPS) is 22.3. The number of carbonyl (C=O) groups is 1. The van der Waals surface area contributed by atoms with E-state index in [9.17, 15) is 4.79 Å². The molecule has 0 saturated carbocycles. The summed E-state index contributed by atoms with van der Waals surface area (Å²) in [6.07, 6.45) is 1.31. The molecule has 0 aromatic heterocycles. The van der Waals surface area contributed by atoms with E-state index in [1.165, 1.54) is 7.11 Å². The van der Waals surface area contributed by atoms with Crippen LogP contribution in [0, 0.1) is 5.92 Å². The van der Waals surface area contributed by atoms with Crippen molar-refractivity contribution < 1.29 is 9.53 Å². The highest BCUT2D eigenvalue weighted by Gasteiger charge is 2.29. The summed E-state index contributed by atoms with van der Waals surface area (Å²) in [4.78, 5) is 11.5. The van der Waals surface area contributed by atoms with Crippen LogP contribution in [-0.2, 0) is 16.0 Å². The maximum absolute atomic E-state index is 11.5. The lowest BCUT2D eigenvalue weighted by atomic mass is 9.81. The first-order chi connectivity index (χ1) is 7.61. The highest BCUT2D eigenvalue weighted by atomic mass is 35.5. The average Bonchev–Trinajstić information content (AvgIpc) is 2.28. The molecule has 3 nitrogen and oxygen atoms in total. The van der Waals surface area contributed by atoms with Crippen LogP contribution in [0.1, 0.15) is 23.6 Å². The van der Waals surface area contributed by atoms with E-state index >= 15 is 0 Å². The van der Waals surface area contributed by atoms with Crippen molar-refractivity contribution in [2.24, 2.45) is 11.7 Å². The van der Waals surface area contributed by atoms with Gasteiger partial charge in [-0.25, -0.2) is 0 Å². The molecule has 0 amide bonds. The number of carbonyl (C=O) groups excluding carboxylic acids is 1. The van der Waals surface area contributed by atoms with E-state index in [4.69, 9.17) is 22.1 Å². The predicted octanol–water partition coefficient (Wildman–Crippen LogP) is 2.50. The van der Waals surface area contributed by atoms with Crippen molar-refractivity contribution in [3.05, 3.63) is 34.3 Å². The van der Waals surface area contributed by atoms with Crippen molar-refractivity contribution in [2.75, 3.05) is 7.11 Å². The SMILES string of the molecule is COC(=O)C1Cc2ccc(Cl)cc2C(N)C1.Cl. The summed E-state index contributed by atoms with van der Waals surface area (Å²) in [7, 11) is 1.41. The van der Waals surface area contributed by atoms with Gasteiger partial charge in [0.2, 0.25) is 0 Å². The highest BCUT2D eigenvalue weighted by molar-refractivity contribution is 6.30. The third-order valence-corrected chi connectivity index (χ3v) is 3.28. The number of esters is 1. The van der Waals surface area contributed by atoms with Crippen molar-refractivity contribution in [2.45, 2.75) is 18.9 Å². The summed E-state index contributed by atoms with van der Waals surface area (Å²) in [6, 6.07) is 5.51. The number of benzene rings is 1. The van der Waals surface area contributed by atoms with Gasteiger partial charge in [0, 0.05) is 11.1 Å². The van der Waals surface area contributed by atoms with Gasteiger partial charge in [0.25, 0.3) is 0 Å². The molecule has 2 unspecified atom stereocenters. The van der Waals surface area contributed by atoms with Crippen molar-refractivity contribution in [1.29, 1.82) is 0 Å². The van der Waals surface area contributed by atoms with Crippen LogP contribution in [0.2, 0.25) is 5.02 Å². The molecule has 2 atom stereocenters. The molecule has 1 aromatic rings. The van der Waals surface area contributed by atoms with Gasteiger partial charge in [-0.3, -0.25) is 4.79 Å². The van der Waals surface area contributed by atoms with Crippen molar-refractivity contribution in [3.8, 4) is 0 Å². The maximum atomic E-state index is 11.5. The summed E-state index contributed by atoms with van der Waals surface area (Å²) in [5, 5.41) is 0.686. The molecule has 1 aliphatic carbocycles. The molecule has 0 fully saturated rings. The average molecular weight is 276 g/mol. The van der Waals surface area contributed by atoms with E-state index in [2.05, 4.69) is 0 Å². The van der Waals surface area contributed by atoms with Crippen LogP contribution < -0.4 is 5.73 Å². The van der Waals surface area contributed by atoms with E-state index < -0.39 is 0 Å². The quantitative estimate of drug-likeness (QED) is 0.802. The third kappa shape index (κ3) is 2.92. The molecular formula is C12H15Cl2NO2. The van der Waals surface area contributed by atoms with Crippen LogP contribution in [0.15, 0.2) is 18.2 Å². The minimum absolute atomic E-state index is 0. The molecule has 2 rings (SSSR count). The Morgan fingerprint density at radius 1 is 1.53 bits per heavy atom. The van der Waals surface area contributed by atoms with Crippen LogP contribution in [0.3, 0.4) is 0 Å². The van der Waals surface area contributed by atoms with E-state index in [1.807, 2.05) is 18.2 Å². The van der Waals surface area contributed by atoms with Crippen LogP contribution in [0.25, 0.3) is 0 Å². The Morgan fingerprint density at radius 2 is 2.24 bits per heavy atom. The fraction of sp³-hybridized carbons (Fsp3) is 0.417. The molecule has 0 aliphatic heterocycles. The molecule has 0 bridgehead atoms. The van der Waals surface area contributed by atoms with Crippen molar-refractivity contribution in [3.63, 3.8) is 0 Å². The van der Waals surface area contributed by atoms with Gasteiger partial charge in [-0.05, 0) is 36.1 Å². The summed E-state index contributed by atoms with van der Waals surface area (Å²) in [5.41, 5.74) is 8.18. The summed E-state index contributed by atoms with van der Waals surface area (Å²) in [5.74, 6) is -0.315. The zero-order chi connectivity index (χ0) is 11.7. The second kappa shape index (κ2) is 5.71. The van der Waals surface area contributed by atoms with E-state index in [-0.39, 0.29) is 30.3 Å². The second-order valence-corrected chi connectivity index (χ2v) is 4.55. The standard InChI is InChI=1S/C12H14ClNO2.ClH/c1-16-12(15)8-4-7-2-3-9(13)6-10(7)11(14)5-8;/h2-3,6,8,11H,4-5,14H2,1H3;1H. The number of fused-ring (bicyclic) bond motifs is 1. The molecule has 17 heavy (non-hydrogen) atoms. The Labute approximate surface area is 112 Å².